The standard InChI is InChI=1S/C11H17N3S/c1-4-5-6-8(2)13-11-10(7-12)9(3)14-15-11/h8,13H,4-6H2,1-3H3. The zero-order valence-electron chi connectivity index (χ0n) is 9.50. The van der Waals surface area contributed by atoms with E-state index < -0.39 is 0 Å². The smallest absolute Gasteiger partial charge is 0.127 e. The Morgan fingerprint density at radius 2 is 2.33 bits per heavy atom. The van der Waals surface area contributed by atoms with Crippen molar-refractivity contribution in [2.24, 2.45) is 0 Å². The van der Waals surface area contributed by atoms with Crippen molar-refractivity contribution in [1.29, 1.82) is 5.26 Å². The summed E-state index contributed by atoms with van der Waals surface area (Å²) in [5.41, 5.74) is 1.52. The van der Waals surface area contributed by atoms with Crippen LogP contribution in [0.5, 0.6) is 0 Å². The van der Waals surface area contributed by atoms with Crippen LogP contribution in [0.4, 0.5) is 5.00 Å². The van der Waals surface area contributed by atoms with E-state index in [9.17, 15) is 0 Å². The van der Waals surface area contributed by atoms with Crippen LogP contribution in [0.3, 0.4) is 0 Å². The average Bonchev–Trinajstić information content (AvgIpc) is 2.56. The fourth-order valence-electron chi connectivity index (χ4n) is 1.41. The van der Waals surface area contributed by atoms with E-state index in [1.807, 2.05) is 6.92 Å². The second-order valence-corrected chi connectivity index (χ2v) is 4.54. The molecule has 0 aliphatic carbocycles. The van der Waals surface area contributed by atoms with Gasteiger partial charge in [0.1, 0.15) is 16.6 Å². The Hall–Kier alpha value is -1.08. The maximum Gasteiger partial charge on any atom is 0.127 e. The predicted octanol–water partition coefficient (Wildman–Crippen LogP) is 3.31. The first-order valence-corrected chi connectivity index (χ1v) is 6.09. The van der Waals surface area contributed by atoms with Gasteiger partial charge in [-0.15, -0.1) is 0 Å². The first-order chi connectivity index (χ1) is 7.19. The fourth-order valence-corrected chi connectivity index (χ4v) is 2.26. The van der Waals surface area contributed by atoms with Gasteiger partial charge in [-0.3, -0.25) is 0 Å². The van der Waals surface area contributed by atoms with E-state index in [-0.39, 0.29) is 0 Å². The summed E-state index contributed by atoms with van der Waals surface area (Å²) in [4.78, 5) is 0. The van der Waals surface area contributed by atoms with Crippen LogP contribution in [0.1, 0.15) is 44.4 Å². The molecule has 82 valence electrons. The summed E-state index contributed by atoms with van der Waals surface area (Å²) in [5, 5.41) is 13.2. The Morgan fingerprint density at radius 1 is 1.60 bits per heavy atom. The molecule has 0 bridgehead atoms. The van der Waals surface area contributed by atoms with E-state index in [0.717, 1.165) is 17.1 Å². The molecule has 1 unspecified atom stereocenters. The van der Waals surface area contributed by atoms with Crippen LogP contribution >= 0.6 is 11.5 Å². The van der Waals surface area contributed by atoms with E-state index in [0.29, 0.717) is 11.6 Å². The number of aromatic nitrogens is 1. The van der Waals surface area contributed by atoms with Crippen LogP contribution in [-0.4, -0.2) is 10.4 Å². The van der Waals surface area contributed by atoms with Gasteiger partial charge >= 0.3 is 0 Å². The molecule has 1 rings (SSSR count). The van der Waals surface area contributed by atoms with E-state index in [1.165, 1.54) is 24.4 Å². The highest BCUT2D eigenvalue weighted by Gasteiger charge is 2.11. The van der Waals surface area contributed by atoms with Crippen molar-refractivity contribution >= 4 is 16.5 Å². The Balaban J connectivity index is 2.61. The molecule has 1 heterocycles. The van der Waals surface area contributed by atoms with Crippen LogP contribution in [0.2, 0.25) is 0 Å². The topological polar surface area (TPSA) is 48.7 Å². The number of unbranched alkanes of at least 4 members (excludes halogenated alkanes) is 1. The molecule has 1 atom stereocenters. The van der Waals surface area contributed by atoms with Gasteiger partial charge in [0, 0.05) is 6.04 Å². The van der Waals surface area contributed by atoms with E-state index in [2.05, 4.69) is 29.6 Å². The molecule has 0 saturated heterocycles. The molecule has 1 N–H and O–H groups in total. The highest BCUT2D eigenvalue weighted by atomic mass is 32.1. The second-order valence-electron chi connectivity index (χ2n) is 3.77. The Bertz CT molecular complexity index is 351. The fraction of sp³-hybridized carbons (Fsp3) is 0.636. The van der Waals surface area contributed by atoms with Gasteiger partial charge in [0.05, 0.1) is 5.69 Å². The summed E-state index contributed by atoms with van der Waals surface area (Å²) in [6, 6.07) is 2.60. The number of aryl methyl sites for hydroxylation is 1. The minimum atomic E-state index is 0.414. The van der Waals surface area contributed by atoms with Gasteiger partial charge in [0.15, 0.2) is 0 Å². The molecule has 15 heavy (non-hydrogen) atoms. The SMILES string of the molecule is CCCCC(C)Nc1snc(C)c1C#N. The van der Waals surface area contributed by atoms with Crippen molar-refractivity contribution in [3.63, 3.8) is 0 Å². The third kappa shape index (κ3) is 3.21. The van der Waals surface area contributed by atoms with Gasteiger partial charge in [-0.25, -0.2) is 0 Å². The minimum Gasteiger partial charge on any atom is -0.372 e. The van der Waals surface area contributed by atoms with Gasteiger partial charge < -0.3 is 5.32 Å². The number of nitrogens with zero attached hydrogens (tertiary/aromatic N) is 2. The zero-order chi connectivity index (χ0) is 11.3. The number of nitrogens with one attached hydrogen (secondary N) is 1. The lowest BCUT2D eigenvalue weighted by Crippen LogP contribution is -2.14. The van der Waals surface area contributed by atoms with Gasteiger partial charge in [-0.05, 0) is 31.8 Å². The van der Waals surface area contributed by atoms with Crippen molar-refractivity contribution in [1.82, 2.24) is 4.37 Å². The normalized spacial score (nSPS) is 12.1. The second kappa shape index (κ2) is 5.72. The lowest BCUT2D eigenvalue weighted by molar-refractivity contribution is 0.646. The number of hydrogen-bond acceptors (Lipinski definition) is 4. The molecule has 0 radical (unpaired) electrons. The lowest BCUT2D eigenvalue weighted by Gasteiger charge is -2.12. The van der Waals surface area contributed by atoms with Gasteiger partial charge in [0.2, 0.25) is 0 Å². The molecule has 1 aromatic heterocycles. The highest BCUT2D eigenvalue weighted by molar-refractivity contribution is 7.10. The summed E-state index contributed by atoms with van der Waals surface area (Å²) in [5.74, 6) is 0. The molecule has 0 fully saturated rings. The Kier molecular flexibility index (Phi) is 4.57. The third-order valence-electron chi connectivity index (χ3n) is 2.34. The first kappa shape index (κ1) is 12.0. The van der Waals surface area contributed by atoms with Crippen LogP contribution in [-0.2, 0) is 0 Å². The minimum absolute atomic E-state index is 0.414. The van der Waals surface area contributed by atoms with Crippen molar-refractivity contribution in [2.75, 3.05) is 5.32 Å². The number of rotatable bonds is 5. The van der Waals surface area contributed by atoms with E-state index in [1.54, 1.807) is 0 Å². The highest BCUT2D eigenvalue weighted by Crippen LogP contribution is 2.24. The largest absolute Gasteiger partial charge is 0.372 e. The van der Waals surface area contributed by atoms with Crippen LogP contribution in [0.15, 0.2) is 0 Å². The molecular weight excluding hydrogens is 206 g/mol. The van der Waals surface area contributed by atoms with Crippen LogP contribution < -0.4 is 5.32 Å². The Labute approximate surface area is 95.3 Å². The predicted molar refractivity (Wildman–Crippen MR) is 64.2 cm³/mol. The summed E-state index contributed by atoms with van der Waals surface area (Å²) in [6.45, 7) is 6.20. The summed E-state index contributed by atoms with van der Waals surface area (Å²) in [7, 11) is 0. The van der Waals surface area contributed by atoms with Crippen molar-refractivity contribution in [3.05, 3.63) is 11.3 Å². The summed E-state index contributed by atoms with van der Waals surface area (Å²) in [6.07, 6.45) is 3.56. The molecule has 4 heteroatoms. The van der Waals surface area contributed by atoms with Crippen molar-refractivity contribution in [3.8, 4) is 6.07 Å². The molecule has 0 saturated carbocycles. The van der Waals surface area contributed by atoms with Crippen molar-refractivity contribution < 1.29 is 0 Å². The molecular formula is C11H17N3S. The molecule has 0 aliphatic rings. The molecule has 3 nitrogen and oxygen atoms in total. The first-order valence-electron chi connectivity index (χ1n) is 5.32. The zero-order valence-corrected chi connectivity index (χ0v) is 10.3. The lowest BCUT2D eigenvalue weighted by atomic mass is 10.1. The number of nitriles is 1. The monoisotopic (exact) mass is 223 g/mol. The molecule has 0 aliphatic heterocycles. The molecule has 0 amide bonds. The molecule has 0 aromatic carbocycles. The molecule has 1 aromatic rings. The van der Waals surface area contributed by atoms with Crippen molar-refractivity contribution in [2.45, 2.75) is 46.1 Å². The third-order valence-corrected chi connectivity index (χ3v) is 3.21. The average molecular weight is 223 g/mol. The quantitative estimate of drug-likeness (QED) is 0.833. The number of hydrogen-bond donors (Lipinski definition) is 1. The van der Waals surface area contributed by atoms with E-state index >= 15 is 0 Å². The van der Waals surface area contributed by atoms with Gasteiger partial charge in [-0.1, -0.05) is 19.8 Å². The van der Waals surface area contributed by atoms with E-state index in [4.69, 9.17) is 5.26 Å². The van der Waals surface area contributed by atoms with Gasteiger partial charge in [0.25, 0.3) is 0 Å². The maximum atomic E-state index is 8.95. The number of anilines is 1. The van der Waals surface area contributed by atoms with Gasteiger partial charge in [-0.2, -0.15) is 9.64 Å². The summed E-state index contributed by atoms with van der Waals surface area (Å²) >= 11 is 1.38. The van der Waals surface area contributed by atoms with Crippen LogP contribution in [0, 0.1) is 18.3 Å². The van der Waals surface area contributed by atoms with Crippen LogP contribution in [0.25, 0.3) is 0 Å². The maximum absolute atomic E-state index is 8.95. The summed E-state index contributed by atoms with van der Waals surface area (Å²) < 4.78 is 4.18. The molecule has 0 spiro atoms. The Morgan fingerprint density at radius 3 is 2.93 bits per heavy atom.